The molecule has 2 atom stereocenters. The lowest BCUT2D eigenvalue weighted by molar-refractivity contribution is 0.275. The van der Waals surface area contributed by atoms with Gasteiger partial charge in [0.05, 0.1) is 0 Å². The number of nitrogens with two attached hydrogens (primary N) is 1. The fourth-order valence-corrected chi connectivity index (χ4v) is 3.67. The third-order valence-electron chi connectivity index (χ3n) is 4.66. The van der Waals surface area contributed by atoms with Crippen LogP contribution in [0.3, 0.4) is 0 Å². The summed E-state index contributed by atoms with van der Waals surface area (Å²) in [6.07, 6.45) is 5.74. The van der Waals surface area contributed by atoms with Gasteiger partial charge in [-0.1, -0.05) is 43.2 Å². The Morgan fingerprint density at radius 1 is 1.06 bits per heavy atom. The molecule has 1 aliphatic heterocycles. The molecular weight excluding hydrogens is 220 g/mol. The van der Waals surface area contributed by atoms with E-state index in [1.54, 1.807) is 0 Å². The maximum atomic E-state index is 6.33. The van der Waals surface area contributed by atoms with E-state index in [4.69, 9.17) is 5.73 Å². The Morgan fingerprint density at radius 3 is 2.50 bits per heavy atom. The van der Waals surface area contributed by atoms with E-state index >= 15 is 0 Å². The van der Waals surface area contributed by atoms with Gasteiger partial charge in [-0.2, -0.15) is 0 Å². The van der Waals surface area contributed by atoms with Crippen molar-refractivity contribution in [3.05, 3.63) is 35.9 Å². The van der Waals surface area contributed by atoms with Crippen LogP contribution in [0.1, 0.15) is 37.2 Å². The molecular formula is C16H24N2. The van der Waals surface area contributed by atoms with Crippen LogP contribution in [0.2, 0.25) is 0 Å². The van der Waals surface area contributed by atoms with Crippen LogP contribution in [-0.2, 0) is 0 Å². The van der Waals surface area contributed by atoms with E-state index in [0.717, 1.165) is 19.0 Å². The molecule has 2 nitrogen and oxygen atoms in total. The zero-order valence-electron chi connectivity index (χ0n) is 11.1. The molecule has 1 saturated carbocycles. The van der Waals surface area contributed by atoms with Crippen molar-refractivity contribution >= 4 is 0 Å². The Balaban J connectivity index is 1.61. The molecule has 0 amide bonds. The molecule has 18 heavy (non-hydrogen) atoms. The van der Waals surface area contributed by atoms with Crippen molar-refractivity contribution in [2.75, 3.05) is 19.6 Å². The maximum Gasteiger partial charge on any atom is 0.0249 e. The van der Waals surface area contributed by atoms with Crippen LogP contribution in [-0.4, -0.2) is 30.6 Å². The summed E-state index contributed by atoms with van der Waals surface area (Å²) in [6, 6.07) is 11.1. The standard InChI is InChI=1S/C16H24N2/c17-16-12-18(10-13-6-4-5-7-13)11-15(16)14-8-2-1-3-9-14/h1-3,8-9,13,15-16H,4-7,10-12,17H2/t15-,16+/m0/s1. The number of rotatable bonds is 3. The molecule has 1 saturated heterocycles. The summed E-state index contributed by atoms with van der Waals surface area (Å²) in [5, 5.41) is 0. The second kappa shape index (κ2) is 5.41. The van der Waals surface area contributed by atoms with Crippen molar-refractivity contribution < 1.29 is 0 Å². The van der Waals surface area contributed by atoms with Gasteiger partial charge in [0.25, 0.3) is 0 Å². The van der Waals surface area contributed by atoms with Crippen LogP contribution >= 0.6 is 0 Å². The normalized spacial score (nSPS) is 30.1. The van der Waals surface area contributed by atoms with Crippen LogP contribution in [0.25, 0.3) is 0 Å². The summed E-state index contributed by atoms with van der Waals surface area (Å²) in [7, 11) is 0. The molecule has 2 fully saturated rings. The van der Waals surface area contributed by atoms with Gasteiger partial charge in [0.1, 0.15) is 0 Å². The Labute approximate surface area is 110 Å². The quantitative estimate of drug-likeness (QED) is 0.885. The Kier molecular flexibility index (Phi) is 3.67. The lowest BCUT2D eigenvalue weighted by Gasteiger charge is -2.20. The van der Waals surface area contributed by atoms with E-state index in [1.807, 2.05) is 0 Å². The first-order valence-electron chi connectivity index (χ1n) is 7.36. The molecule has 1 aromatic carbocycles. The number of hydrogen-bond acceptors (Lipinski definition) is 2. The van der Waals surface area contributed by atoms with Crippen molar-refractivity contribution in [2.45, 2.75) is 37.6 Å². The van der Waals surface area contributed by atoms with Gasteiger partial charge in [-0.15, -0.1) is 0 Å². The van der Waals surface area contributed by atoms with Gasteiger partial charge in [-0.3, -0.25) is 0 Å². The van der Waals surface area contributed by atoms with Gasteiger partial charge in [0.15, 0.2) is 0 Å². The Morgan fingerprint density at radius 2 is 1.78 bits per heavy atom. The number of hydrogen-bond donors (Lipinski definition) is 1. The predicted molar refractivity (Wildman–Crippen MR) is 75.6 cm³/mol. The van der Waals surface area contributed by atoms with Crippen molar-refractivity contribution in [3.63, 3.8) is 0 Å². The monoisotopic (exact) mass is 244 g/mol. The molecule has 2 N–H and O–H groups in total. The van der Waals surface area contributed by atoms with Crippen LogP contribution < -0.4 is 5.73 Å². The van der Waals surface area contributed by atoms with Gasteiger partial charge < -0.3 is 10.6 Å². The highest BCUT2D eigenvalue weighted by Crippen LogP contribution is 2.30. The molecule has 0 aromatic heterocycles. The molecule has 2 heteroatoms. The molecule has 98 valence electrons. The third-order valence-corrected chi connectivity index (χ3v) is 4.66. The van der Waals surface area contributed by atoms with Gasteiger partial charge in [0, 0.05) is 31.6 Å². The molecule has 0 radical (unpaired) electrons. The number of likely N-dealkylation sites (tertiary alicyclic amines) is 1. The number of benzene rings is 1. The van der Waals surface area contributed by atoms with E-state index in [9.17, 15) is 0 Å². The maximum absolute atomic E-state index is 6.33. The summed E-state index contributed by atoms with van der Waals surface area (Å²) in [5.74, 6) is 1.47. The lowest BCUT2D eigenvalue weighted by atomic mass is 9.95. The smallest absolute Gasteiger partial charge is 0.0249 e. The first-order valence-corrected chi connectivity index (χ1v) is 7.36. The summed E-state index contributed by atoms with van der Waals surface area (Å²) in [5.41, 5.74) is 7.75. The minimum atomic E-state index is 0.314. The molecule has 1 aliphatic carbocycles. The van der Waals surface area contributed by atoms with Gasteiger partial charge in [-0.05, 0) is 24.3 Å². The highest BCUT2D eigenvalue weighted by Gasteiger charge is 2.32. The summed E-state index contributed by atoms with van der Waals surface area (Å²) < 4.78 is 0. The highest BCUT2D eigenvalue weighted by atomic mass is 15.2. The fraction of sp³-hybridized carbons (Fsp3) is 0.625. The topological polar surface area (TPSA) is 29.3 Å². The lowest BCUT2D eigenvalue weighted by Crippen LogP contribution is -2.30. The second-order valence-electron chi connectivity index (χ2n) is 6.05. The van der Waals surface area contributed by atoms with E-state index in [1.165, 1.54) is 37.8 Å². The van der Waals surface area contributed by atoms with Crippen LogP contribution in [0.4, 0.5) is 0 Å². The molecule has 3 rings (SSSR count). The van der Waals surface area contributed by atoms with Crippen LogP contribution in [0.5, 0.6) is 0 Å². The van der Waals surface area contributed by atoms with E-state index in [2.05, 4.69) is 35.2 Å². The molecule has 2 aliphatic rings. The van der Waals surface area contributed by atoms with Crippen LogP contribution in [0.15, 0.2) is 30.3 Å². The molecule has 1 aromatic rings. The largest absolute Gasteiger partial charge is 0.326 e. The van der Waals surface area contributed by atoms with Crippen LogP contribution in [0, 0.1) is 5.92 Å². The molecule has 0 bridgehead atoms. The van der Waals surface area contributed by atoms with Gasteiger partial charge in [-0.25, -0.2) is 0 Å². The number of nitrogens with zero attached hydrogens (tertiary/aromatic N) is 1. The van der Waals surface area contributed by atoms with E-state index < -0.39 is 0 Å². The summed E-state index contributed by atoms with van der Waals surface area (Å²) in [4.78, 5) is 2.60. The SMILES string of the molecule is N[C@@H]1CN(CC2CCCC2)C[C@H]1c1ccccc1. The van der Waals surface area contributed by atoms with E-state index in [0.29, 0.717) is 12.0 Å². The van der Waals surface area contributed by atoms with Gasteiger partial charge in [0.2, 0.25) is 0 Å². The minimum absolute atomic E-state index is 0.314. The average molecular weight is 244 g/mol. The molecule has 1 heterocycles. The Bertz CT molecular complexity index is 370. The minimum Gasteiger partial charge on any atom is -0.326 e. The molecule has 0 spiro atoms. The molecule has 0 unspecified atom stereocenters. The van der Waals surface area contributed by atoms with E-state index in [-0.39, 0.29) is 0 Å². The second-order valence-corrected chi connectivity index (χ2v) is 6.05. The van der Waals surface area contributed by atoms with Crippen molar-refractivity contribution in [2.24, 2.45) is 11.7 Å². The fourth-order valence-electron chi connectivity index (χ4n) is 3.67. The zero-order chi connectivity index (χ0) is 12.4. The third kappa shape index (κ3) is 2.60. The van der Waals surface area contributed by atoms with Gasteiger partial charge >= 0.3 is 0 Å². The zero-order valence-corrected chi connectivity index (χ0v) is 11.1. The summed E-state index contributed by atoms with van der Waals surface area (Å²) >= 11 is 0. The predicted octanol–water partition coefficient (Wildman–Crippen LogP) is 2.60. The van der Waals surface area contributed by atoms with Crippen molar-refractivity contribution in [1.29, 1.82) is 0 Å². The first-order chi connectivity index (χ1) is 8.83. The van der Waals surface area contributed by atoms with Crippen molar-refractivity contribution in [1.82, 2.24) is 4.90 Å². The first kappa shape index (κ1) is 12.2. The summed E-state index contributed by atoms with van der Waals surface area (Å²) in [6.45, 7) is 3.51. The highest BCUT2D eigenvalue weighted by molar-refractivity contribution is 5.23. The Hall–Kier alpha value is -0.860. The van der Waals surface area contributed by atoms with Crippen molar-refractivity contribution in [3.8, 4) is 0 Å². The average Bonchev–Trinajstić information content (AvgIpc) is 3.01.